The van der Waals surface area contributed by atoms with Crippen molar-refractivity contribution in [1.82, 2.24) is 4.98 Å². The van der Waals surface area contributed by atoms with Crippen LogP contribution in [-0.4, -0.2) is 23.5 Å². The largest absolute Gasteiger partial charge is 0.466 e. The molecule has 9 heteroatoms. The van der Waals surface area contributed by atoms with Crippen molar-refractivity contribution in [3.05, 3.63) is 46.5 Å². The lowest BCUT2D eigenvalue weighted by Crippen LogP contribution is -2.35. The van der Waals surface area contributed by atoms with Gasteiger partial charge in [-0.25, -0.2) is 4.98 Å². The first-order valence-corrected chi connectivity index (χ1v) is 9.01. The van der Waals surface area contributed by atoms with Crippen molar-refractivity contribution in [1.29, 1.82) is 0 Å². The Morgan fingerprint density at radius 1 is 1.22 bits per heavy atom. The number of esters is 1. The second-order valence-corrected chi connectivity index (χ2v) is 7.14. The number of anilines is 1. The molecule has 0 aliphatic heterocycles. The summed E-state index contributed by atoms with van der Waals surface area (Å²) in [5.74, 6) is -0.927. The Balaban J connectivity index is 2.13. The minimum Gasteiger partial charge on any atom is -0.466 e. The summed E-state index contributed by atoms with van der Waals surface area (Å²) in [5, 5.41) is 4.48. The van der Waals surface area contributed by atoms with Gasteiger partial charge in [-0.2, -0.15) is 13.2 Å². The Bertz CT molecular complexity index is 831. The fourth-order valence-electron chi connectivity index (χ4n) is 2.27. The van der Waals surface area contributed by atoms with Gasteiger partial charge in [0.2, 0.25) is 5.91 Å². The fourth-order valence-corrected chi connectivity index (χ4v) is 2.98. The molecule has 1 aromatic carbocycles. The number of rotatable bonds is 6. The molecule has 0 bridgehead atoms. The van der Waals surface area contributed by atoms with E-state index in [1.54, 1.807) is 12.3 Å². The topological polar surface area (TPSA) is 68.3 Å². The average molecular weight is 400 g/mol. The lowest BCUT2D eigenvalue weighted by Gasteiger charge is -2.24. The van der Waals surface area contributed by atoms with Gasteiger partial charge in [0.25, 0.3) is 0 Å². The summed E-state index contributed by atoms with van der Waals surface area (Å²) >= 11 is 1.13. The molecule has 0 aliphatic rings. The van der Waals surface area contributed by atoms with Crippen molar-refractivity contribution in [2.24, 2.45) is 0 Å². The maximum absolute atomic E-state index is 12.9. The number of carbonyl (C=O) groups is 2. The minimum atomic E-state index is -4.49. The zero-order chi connectivity index (χ0) is 20.2. The number of amides is 1. The molecule has 1 heterocycles. The van der Waals surface area contributed by atoms with E-state index in [-0.39, 0.29) is 23.7 Å². The molecule has 0 spiro atoms. The summed E-state index contributed by atoms with van der Waals surface area (Å²) in [6.45, 7) is 5.02. The number of ether oxygens (including phenoxy) is 1. The average Bonchev–Trinajstić information content (AvgIpc) is 3.01. The van der Waals surface area contributed by atoms with Crippen molar-refractivity contribution in [3.8, 4) is 0 Å². The van der Waals surface area contributed by atoms with Crippen molar-refractivity contribution >= 4 is 28.3 Å². The van der Waals surface area contributed by atoms with Crippen LogP contribution >= 0.6 is 11.3 Å². The van der Waals surface area contributed by atoms with Gasteiger partial charge in [-0.3, -0.25) is 9.59 Å². The number of thiazole rings is 1. The van der Waals surface area contributed by atoms with E-state index >= 15 is 0 Å². The van der Waals surface area contributed by atoms with Gasteiger partial charge < -0.3 is 10.1 Å². The lowest BCUT2D eigenvalue weighted by molar-refractivity contribution is -0.142. The van der Waals surface area contributed by atoms with Crippen LogP contribution in [0, 0.1) is 0 Å². The van der Waals surface area contributed by atoms with Crippen LogP contribution in [0.4, 0.5) is 18.3 Å². The van der Waals surface area contributed by atoms with Crippen LogP contribution < -0.4 is 5.32 Å². The normalized spacial score (nSPS) is 11.9. The molecule has 1 amide bonds. The van der Waals surface area contributed by atoms with Crippen LogP contribution in [0.1, 0.15) is 37.6 Å². The second-order valence-electron chi connectivity index (χ2n) is 6.28. The van der Waals surface area contributed by atoms with E-state index in [1.807, 2.05) is 0 Å². The highest BCUT2D eigenvalue weighted by Gasteiger charge is 2.35. The van der Waals surface area contributed by atoms with Gasteiger partial charge in [0.15, 0.2) is 5.13 Å². The third kappa shape index (κ3) is 5.29. The molecule has 0 atom stereocenters. The summed E-state index contributed by atoms with van der Waals surface area (Å²) in [6, 6.07) is 4.67. The molecular weight excluding hydrogens is 381 g/mol. The van der Waals surface area contributed by atoms with Crippen LogP contribution in [0.5, 0.6) is 0 Å². The molecule has 0 fully saturated rings. The molecule has 2 aromatic rings. The van der Waals surface area contributed by atoms with Crippen LogP contribution in [0.15, 0.2) is 29.6 Å². The van der Waals surface area contributed by atoms with Crippen molar-refractivity contribution < 1.29 is 27.5 Å². The molecule has 0 saturated heterocycles. The highest BCUT2D eigenvalue weighted by Crippen LogP contribution is 2.33. The molecule has 1 aromatic heterocycles. The van der Waals surface area contributed by atoms with Gasteiger partial charge in [-0.05, 0) is 32.4 Å². The summed E-state index contributed by atoms with van der Waals surface area (Å²) < 4.78 is 43.6. The predicted octanol–water partition coefficient (Wildman–Crippen LogP) is 4.18. The summed E-state index contributed by atoms with van der Waals surface area (Å²) in [7, 11) is 0. The fraction of sp³-hybridized carbons (Fsp3) is 0.389. The standard InChI is InChI=1S/C18H19F3N2O3S/c1-4-26-14(24)9-13-10-27-16(22-13)23-15(25)17(2,3)11-6-5-7-12(8-11)18(19,20)21/h5-8,10H,4,9H2,1-3H3,(H,22,23,25). The molecule has 5 nitrogen and oxygen atoms in total. The zero-order valence-corrected chi connectivity index (χ0v) is 15.8. The number of hydrogen-bond acceptors (Lipinski definition) is 5. The summed E-state index contributed by atoms with van der Waals surface area (Å²) in [4.78, 5) is 28.2. The number of hydrogen-bond donors (Lipinski definition) is 1. The smallest absolute Gasteiger partial charge is 0.416 e. The Hall–Kier alpha value is -2.42. The van der Waals surface area contributed by atoms with Crippen LogP contribution in [0.3, 0.4) is 0 Å². The van der Waals surface area contributed by atoms with Crippen LogP contribution in [0.2, 0.25) is 0 Å². The predicted molar refractivity (Wildman–Crippen MR) is 95.6 cm³/mol. The van der Waals surface area contributed by atoms with Crippen molar-refractivity contribution in [2.45, 2.75) is 38.8 Å². The zero-order valence-electron chi connectivity index (χ0n) is 15.0. The molecule has 0 aliphatic carbocycles. The van der Waals surface area contributed by atoms with E-state index in [0.717, 1.165) is 23.5 Å². The molecule has 1 N–H and O–H groups in total. The third-order valence-electron chi connectivity index (χ3n) is 3.88. The number of aromatic nitrogens is 1. The summed E-state index contributed by atoms with van der Waals surface area (Å²) in [6.07, 6.45) is -4.50. The van der Waals surface area contributed by atoms with E-state index in [9.17, 15) is 22.8 Å². The van der Waals surface area contributed by atoms with Crippen molar-refractivity contribution in [2.75, 3.05) is 11.9 Å². The number of nitrogens with one attached hydrogen (secondary N) is 1. The first kappa shape index (κ1) is 20.9. The second kappa shape index (κ2) is 8.08. The Kier molecular flexibility index (Phi) is 6.25. The number of alkyl halides is 3. The van der Waals surface area contributed by atoms with Gasteiger partial charge in [0, 0.05) is 5.38 Å². The van der Waals surface area contributed by atoms with Gasteiger partial charge in [-0.1, -0.05) is 18.2 Å². The van der Waals surface area contributed by atoms with Gasteiger partial charge >= 0.3 is 12.1 Å². The number of nitrogens with zero attached hydrogens (tertiary/aromatic N) is 1. The first-order valence-electron chi connectivity index (χ1n) is 8.13. The Morgan fingerprint density at radius 2 is 1.89 bits per heavy atom. The molecule has 0 saturated carbocycles. The minimum absolute atomic E-state index is 0.0166. The monoisotopic (exact) mass is 400 g/mol. The van der Waals surface area contributed by atoms with E-state index in [2.05, 4.69) is 10.3 Å². The first-order chi connectivity index (χ1) is 12.5. The molecule has 2 rings (SSSR count). The highest BCUT2D eigenvalue weighted by molar-refractivity contribution is 7.13. The van der Waals surface area contributed by atoms with Crippen LogP contribution in [0.25, 0.3) is 0 Å². The van der Waals surface area contributed by atoms with Gasteiger partial charge in [0.1, 0.15) is 0 Å². The highest BCUT2D eigenvalue weighted by atomic mass is 32.1. The number of benzene rings is 1. The number of halogens is 3. The van der Waals surface area contributed by atoms with Gasteiger partial charge in [-0.15, -0.1) is 11.3 Å². The van der Waals surface area contributed by atoms with E-state index < -0.39 is 29.0 Å². The van der Waals surface area contributed by atoms with E-state index in [4.69, 9.17) is 4.74 Å². The number of carbonyl (C=O) groups excluding carboxylic acids is 2. The van der Waals surface area contributed by atoms with E-state index in [1.165, 1.54) is 26.0 Å². The molecular formula is C18H19F3N2O3S. The maximum Gasteiger partial charge on any atom is 0.416 e. The third-order valence-corrected chi connectivity index (χ3v) is 4.69. The SMILES string of the molecule is CCOC(=O)Cc1csc(NC(=O)C(C)(C)c2cccc(C(F)(F)F)c2)n1. The van der Waals surface area contributed by atoms with Crippen molar-refractivity contribution in [3.63, 3.8) is 0 Å². The molecule has 146 valence electrons. The Morgan fingerprint density at radius 3 is 2.52 bits per heavy atom. The quantitative estimate of drug-likeness (QED) is 0.739. The van der Waals surface area contributed by atoms with Gasteiger partial charge in [0.05, 0.1) is 29.7 Å². The molecule has 0 radical (unpaired) electrons. The molecule has 27 heavy (non-hydrogen) atoms. The van der Waals surface area contributed by atoms with E-state index in [0.29, 0.717) is 5.69 Å². The lowest BCUT2D eigenvalue weighted by atomic mass is 9.83. The summed E-state index contributed by atoms with van der Waals surface area (Å²) in [5.41, 5.74) is -1.34. The molecule has 0 unspecified atom stereocenters. The van der Waals surface area contributed by atoms with Crippen LogP contribution in [-0.2, 0) is 32.3 Å². The maximum atomic E-state index is 12.9. The Labute approximate surface area is 158 Å².